The lowest BCUT2D eigenvalue weighted by molar-refractivity contribution is 0.350. The number of aromatic nitrogens is 1. The molecule has 0 saturated heterocycles. The van der Waals surface area contributed by atoms with Crippen LogP contribution >= 0.6 is 0 Å². The lowest BCUT2D eigenvalue weighted by atomic mass is 9.90. The van der Waals surface area contributed by atoms with E-state index in [0.717, 1.165) is 18.9 Å². The smallest absolute Gasteiger partial charge is 0.212 e. The lowest BCUT2D eigenvalue weighted by Crippen LogP contribution is -2.33. The van der Waals surface area contributed by atoms with Crippen molar-refractivity contribution in [2.75, 3.05) is 13.7 Å². The van der Waals surface area contributed by atoms with E-state index in [1.165, 1.54) is 37.7 Å². The zero-order valence-electron chi connectivity index (χ0n) is 14.2. The average Bonchev–Trinajstić information content (AvgIpc) is 2.52. The molecule has 2 atom stereocenters. The molecule has 3 nitrogen and oxygen atoms in total. The normalized spacial score (nSPS) is 13.9. The van der Waals surface area contributed by atoms with Gasteiger partial charge in [-0.25, -0.2) is 4.98 Å². The maximum absolute atomic E-state index is 5.12. The Kier molecular flexibility index (Phi) is 9.07. The first-order valence-electron chi connectivity index (χ1n) is 8.45. The second-order valence-corrected chi connectivity index (χ2v) is 5.82. The summed E-state index contributed by atoms with van der Waals surface area (Å²) in [6, 6.07) is 4.63. The molecular weight excluding hydrogens is 260 g/mol. The van der Waals surface area contributed by atoms with Crippen molar-refractivity contribution in [1.29, 1.82) is 0 Å². The summed E-state index contributed by atoms with van der Waals surface area (Å²) in [4.78, 5) is 4.31. The SMILES string of the molecule is CCCCC(CC)CC(Cc1ccc(OC)nc1)NCC. The maximum atomic E-state index is 5.12. The van der Waals surface area contributed by atoms with Gasteiger partial charge >= 0.3 is 0 Å². The van der Waals surface area contributed by atoms with Crippen molar-refractivity contribution in [2.45, 2.75) is 65.3 Å². The largest absolute Gasteiger partial charge is 0.481 e. The van der Waals surface area contributed by atoms with Gasteiger partial charge in [-0.2, -0.15) is 0 Å². The minimum atomic E-state index is 0.548. The van der Waals surface area contributed by atoms with E-state index in [0.29, 0.717) is 11.9 Å². The Hall–Kier alpha value is -1.09. The maximum Gasteiger partial charge on any atom is 0.212 e. The number of methoxy groups -OCH3 is 1. The molecule has 1 aromatic rings. The number of hydrogen-bond donors (Lipinski definition) is 1. The summed E-state index contributed by atoms with van der Waals surface area (Å²) in [5, 5.41) is 3.64. The fourth-order valence-corrected chi connectivity index (χ4v) is 2.85. The van der Waals surface area contributed by atoms with Gasteiger partial charge in [-0.05, 0) is 30.9 Å². The minimum Gasteiger partial charge on any atom is -0.481 e. The van der Waals surface area contributed by atoms with E-state index < -0.39 is 0 Å². The van der Waals surface area contributed by atoms with Crippen LogP contribution in [-0.4, -0.2) is 24.7 Å². The summed E-state index contributed by atoms with van der Waals surface area (Å²) in [6.45, 7) is 7.81. The number of pyridine rings is 1. The van der Waals surface area contributed by atoms with Gasteiger partial charge < -0.3 is 10.1 Å². The molecule has 0 spiro atoms. The first kappa shape index (κ1) is 18.0. The number of ether oxygens (including phenoxy) is 1. The van der Waals surface area contributed by atoms with Gasteiger partial charge in [-0.3, -0.25) is 0 Å². The van der Waals surface area contributed by atoms with Crippen LogP contribution in [-0.2, 0) is 6.42 Å². The third kappa shape index (κ3) is 6.94. The molecule has 0 aliphatic heterocycles. The van der Waals surface area contributed by atoms with Gasteiger partial charge in [0.15, 0.2) is 0 Å². The van der Waals surface area contributed by atoms with E-state index in [1.807, 2.05) is 12.3 Å². The van der Waals surface area contributed by atoms with Crippen LogP contribution in [0.4, 0.5) is 0 Å². The van der Waals surface area contributed by atoms with Crippen LogP contribution in [0.1, 0.15) is 58.4 Å². The van der Waals surface area contributed by atoms with Gasteiger partial charge in [-0.1, -0.05) is 52.5 Å². The topological polar surface area (TPSA) is 34.1 Å². The highest BCUT2D eigenvalue weighted by atomic mass is 16.5. The summed E-state index contributed by atoms with van der Waals surface area (Å²) < 4.78 is 5.12. The second kappa shape index (κ2) is 10.6. The lowest BCUT2D eigenvalue weighted by Gasteiger charge is -2.23. The van der Waals surface area contributed by atoms with Crippen molar-refractivity contribution in [3.8, 4) is 5.88 Å². The van der Waals surface area contributed by atoms with Gasteiger partial charge in [0.25, 0.3) is 0 Å². The van der Waals surface area contributed by atoms with Crippen LogP contribution in [0.25, 0.3) is 0 Å². The van der Waals surface area contributed by atoms with Gasteiger partial charge in [0, 0.05) is 18.3 Å². The van der Waals surface area contributed by atoms with Crippen LogP contribution in [0, 0.1) is 5.92 Å². The second-order valence-electron chi connectivity index (χ2n) is 5.82. The standard InChI is InChI=1S/C18H32N2O/c1-5-8-9-15(6-2)12-17(19-7-3)13-16-10-11-18(21-4)20-14-16/h10-11,14-15,17,19H,5-9,12-13H2,1-4H3. The zero-order chi connectivity index (χ0) is 15.5. The van der Waals surface area contributed by atoms with Crippen molar-refractivity contribution in [3.63, 3.8) is 0 Å². The molecule has 21 heavy (non-hydrogen) atoms. The summed E-state index contributed by atoms with van der Waals surface area (Å²) >= 11 is 0. The first-order chi connectivity index (χ1) is 10.2. The highest BCUT2D eigenvalue weighted by molar-refractivity contribution is 5.18. The molecule has 1 rings (SSSR count). The van der Waals surface area contributed by atoms with Gasteiger partial charge in [-0.15, -0.1) is 0 Å². The summed E-state index contributed by atoms with van der Waals surface area (Å²) in [5.41, 5.74) is 1.28. The van der Waals surface area contributed by atoms with Crippen molar-refractivity contribution >= 4 is 0 Å². The Morgan fingerprint density at radius 3 is 2.57 bits per heavy atom. The van der Waals surface area contributed by atoms with Crippen molar-refractivity contribution < 1.29 is 4.74 Å². The number of nitrogens with zero attached hydrogens (tertiary/aromatic N) is 1. The monoisotopic (exact) mass is 292 g/mol. The molecule has 1 aromatic heterocycles. The fourth-order valence-electron chi connectivity index (χ4n) is 2.85. The Balaban J connectivity index is 2.58. The highest BCUT2D eigenvalue weighted by Gasteiger charge is 2.15. The van der Waals surface area contributed by atoms with Gasteiger partial charge in [0.05, 0.1) is 7.11 Å². The molecule has 1 N–H and O–H groups in total. The third-order valence-electron chi connectivity index (χ3n) is 4.14. The van der Waals surface area contributed by atoms with Crippen molar-refractivity contribution in [3.05, 3.63) is 23.9 Å². The Bertz CT molecular complexity index is 364. The third-order valence-corrected chi connectivity index (χ3v) is 4.14. The van der Waals surface area contributed by atoms with Crippen LogP contribution < -0.4 is 10.1 Å². The zero-order valence-corrected chi connectivity index (χ0v) is 14.2. The molecule has 0 aliphatic rings. The Morgan fingerprint density at radius 1 is 1.24 bits per heavy atom. The number of unbranched alkanes of at least 4 members (excludes halogenated alkanes) is 1. The van der Waals surface area contributed by atoms with E-state index in [9.17, 15) is 0 Å². The molecule has 2 unspecified atom stereocenters. The molecule has 0 aliphatic carbocycles. The van der Waals surface area contributed by atoms with E-state index in [1.54, 1.807) is 7.11 Å². The number of hydrogen-bond acceptors (Lipinski definition) is 3. The Morgan fingerprint density at radius 2 is 2.05 bits per heavy atom. The summed E-state index contributed by atoms with van der Waals surface area (Å²) in [7, 11) is 1.66. The molecule has 0 amide bonds. The predicted octanol–water partition coefficient (Wildman–Crippen LogP) is 4.22. The molecule has 1 heterocycles. The fraction of sp³-hybridized carbons (Fsp3) is 0.722. The summed E-state index contributed by atoms with van der Waals surface area (Å²) in [5.74, 6) is 1.52. The molecule has 0 fully saturated rings. The molecule has 0 radical (unpaired) electrons. The van der Waals surface area contributed by atoms with Gasteiger partial charge in [0.1, 0.15) is 0 Å². The molecule has 0 aromatic carbocycles. The molecule has 0 saturated carbocycles. The number of likely N-dealkylation sites (N-methyl/N-ethyl adjacent to an activating group) is 1. The number of rotatable bonds is 11. The Labute approximate surface area is 130 Å². The van der Waals surface area contributed by atoms with E-state index in [4.69, 9.17) is 4.74 Å². The molecule has 3 heteroatoms. The first-order valence-corrected chi connectivity index (χ1v) is 8.45. The molecule has 0 bridgehead atoms. The summed E-state index contributed by atoms with van der Waals surface area (Å²) in [6.07, 6.45) is 9.53. The van der Waals surface area contributed by atoms with Gasteiger partial charge in [0.2, 0.25) is 5.88 Å². The minimum absolute atomic E-state index is 0.548. The van der Waals surface area contributed by atoms with E-state index in [2.05, 4.69) is 37.1 Å². The van der Waals surface area contributed by atoms with Crippen LogP contribution in [0.2, 0.25) is 0 Å². The van der Waals surface area contributed by atoms with Crippen LogP contribution in [0.5, 0.6) is 5.88 Å². The average molecular weight is 292 g/mol. The quantitative estimate of drug-likeness (QED) is 0.663. The van der Waals surface area contributed by atoms with Crippen LogP contribution in [0.3, 0.4) is 0 Å². The molecular formula is C18H32N2O. The van der Waals surface area contributed by atoms with Crippen molar-refractivity contribution in [2.24, 2.45) is 5.92 Å². The predicted molar refractivity (Wildman–Crippen MR) is 89.9 cm³/mol. The van der Waals surface area contributed by atoms with E-state index in [-0.39, 0.29) is 0 Å². The van der Waals surface area contributed by atoms with Crippen LogP contribution in [0.15, 0.2) is 18.3 Å². The highest BCUT2D eigenvalue weighted by Crippen LogP contribution is 2.20. The molecule has 120 valence electrons. The van der Waals surface area contributed by atoms with Crippen molar-refractivity contribution in [1.82, 2.24) is 10.3 Å². The van der Waals surface area contributed by atoms with E-state index >= 15 is 0 Å². The number of nitrogens with one attached hydrogen (secondary N) is 1.